The highest BCUT2D eigenvalue weighted by Crippen LogP contribution is 2.35. The zero-order valence-electron chi connectivity index (χ0n) is 12.0. The van der Waals surface area contributed by atoms with Gasteiger partial charge in [-0.25, -0.2) is 4.79 Å². The summed E-state index contributed by atoms with van der Waals surface area (Å²) in [6.07, 6.45) is 2.56. The maximum Gasteiger partial charge on any atom is 0.345 e. The fourth-order valence-corrected chi connectivity index (χ4v) is 3.71. The van der Waals surface area contributed by atoms with Crippen LogP contribution in [0.4, 0.5) is 0 Å². The molecule has 1 atom stereocenters. The highest BCUT2D eigenvalue weighted by Gasteiger charge is 2.24. The van der Waals surface area contributed by atoms with Gasteiger partial charge < -0.3 is 10.4 Å². The molecule has 0 saturated carbocycles. The summed E-state index contributed by atoms with van der Waals surface area (Å²) in [5, 5.41) is 11.8. The van der Waals surface area contributed by atoms with Crippen LogP contribution in [0.1, 0.15) is 44.4 Å². The second kappa shape index (κ2) is 6.32. The first-order chi connectivity index (χ1) is 10.6. The van der Waals surface area contributed by atoms with Gasteiger partial charge in [0.15, 0.2) is 0 Å². The minimum atomic E-state index is -0.926. The van der Waals surface area contributed by atoms with Crippen LogP contribution >= 0.6 is 11.3 Å². The average molecular weight is 315 g/mol. The Balaban J connectivity index is 1.54. The summed E-state index contributed by atoms with van der Waals surface area (Å²) in [6, 6.07) is 11.6. The number of fused-ring (bicyclic) bond motifs is 1. The van der Waals surface area contributed by atoms with Crippen LogP contribution in [-0.4, -0.2) is 17.0 Å². The summed E-state index contributed by atoms with van der Waals surface area (Å²) < 4.78 is 0. The van der Waals surface area contributed by atoms with Crippen LogP contribution in [0, 0.1) is 0 Å². The number of rotatable bonds is 5. The number of nitrogens with one attached hydrogen (secondary N) is 1. The Morgan fingerprint density at radius 2 is 2.05 bits per heavy atom. The van der Waals surface area contributed by atoms with E-state index < -0.39 is 5.97 Å². The molecule has 1 amide bonds. The van der Waals surface area contributed by atoms with E-state index in [1.54, 1.807) is 12.1 Å². The number of aromatic carboxylic acids is 1. The van der Waals surface area contributed by atoms with Crippen molar-refractivity contribution in [2.45, 2.75) is 31.7 Å². The molecule has 1 heterocycles. The zero-order chi connectivity index (χ0) is 15.5. The lowest BCUT2D eigenvalue weighted by Crippen LogP contribution is -2.23. The maximum atomic E-state index is 12.1. The molecule has 2 aromatic rings. The van der Waals surface area contributed by atoms with Crippen molar-refractivity contribution in [3.05, 3.63) is 57.3 Å². The average Bonchev–Trinajstić information content (AvgIpc) is 3.13. The van der Waals surface area contributed by atoms with Crippen molar-refractivity contribution in [2.24, 2.45) is 0 Å². The van der Waals surface area contributed by atoms with E-state index in [0.29, 0.717) is 23.8 Å². The van der Waals surface area contributed by atoms with Gasteiger partial charge in [-0.2, -0.15) is 0 Å². The van der Waals surface area contributed by atoms with Crippen molar-refractivity contribution in [2.75, 3.05) is 0 Å². The summed E-state index contributed by atoms with van der Waals surface area (Å²) in [5.41, 5.74) is 2.64. The molecule has 0 fully saturated rings. The van der Waals surface area contributed by atoms with Crippen LogP contribution in [0.5, 0.6) is 0 Å². The number of carbonyl (C=O) groups is 2. The summed E-state index contributed by atoms with van der Waals surface area (Å²) >= 11 is 1.20. The third-order valence-corrected chi connectivity index (χ3v) is 5.09. The molecule has 0 radical (unpaired) electrons. The van der Waals surface area contributed by atoms with Gasteiger partial charge in [-0.15, -0.1) is 11.3 Å². The van der Waals surface area contributed by atoms with Crippen molar-refractivity contribution in [3.63, 3.8) is 0 Å². The molecular formula is C17H17NO3S. The molecule has 2 N–H and O–H groups in total. The smallest absolute Gasteiger partial charge is 0.345 e. The standard InChI is InChI=1S/C17H17NO3S/c19-16(18-10-13-7-8-15(22-13)17(20)21)9-12-6-5-11-3-1-2-4-14(11)12/h1-4,7-8,12H,5-6,9-10H2,(H,18,19)(H,20,21)/t12-/m0/s1. The molecule has 1 aliphatic rings. The van der Waals surface area contributed by atoms with Gasteiger partial charge in [0.2, 0.25) is 5.91 Å². The highest BCUT2D eigenvalue weighted by atomic mass is 32.1. The third-order valence-electron chi connectivity index (χ3n) is 4.02. The fourth-order valence-electron chi connectivity index (χ4n) is 2.93. The lowest BCUT2D eigenvalue weighted by molar-refractivity contribution is -0.121. The lowest BCUT2D eigenvalue weighted by atomic mass is 9.97. The molecule has 22 heavy (non-hydrogen) atoms. The van der Waals surface area contributed by atoms with Crippen LogP contribution in [0.25, 0.3) is 0 Å². The number of carboxylic acid groups (broad SMARTS) is 1. The molecule has 0 unspecified atom stereocenters. The topological polar surface area (TPSA) is 66.4 Å². The summed E-state index contributed by atoms with van der Waals surface area (Å²) in [4.78, 5) is 24.1. The molecule has 1 aliphatic carbocycles. The second-order valence-electron chi connectivity index (χ2n) is 5.49. The second-order valence-corrected chi connectivity index (χ2v) is 6.65. The quantitative estimate of drug-likeness (QED) is 0.890. The third kappa shape index (κ3) is 3.20. The van der Waals surface area contributed by atoms with E-state index in [1.807, 2.05) is 12.1 Å². The Morgan fingerprint density at radius 1 is 1.23 bits per heavy atom. The van der Waals surface area contributed by atoms with E-state index in [4.69, 9.17) is 5.11 Å². The van der Waals surface area contributed by atoms with E-state index in [-0.39, 0.29) is 5.91 Å². The van der Waals surface area contributed by atoms with Crippen molar-refractivity contribution in [1.82, 2.24) is 5.32 Å². The largest absolute Gasteiger partial charge is 0.477 e. The molecular weight excluding hydrogens is 298 g/mol. The first kappa shape index (κ1) is 14.8. The first-order valence-corrected chi connectivity index (χ1v) is 8.11. The Labute approximate surface area is 132 Å². The van der Waals surface area contributed by atoms with Crippen LogP contribution in [0.2, 0.25) is 0 Å². The number of aryl methyl sites for hydroxylation is 1. The Hall–Kier alpha value is -2.14. The van der Waals surface area contributed by atoms with Crippen LogP contribution in [0.15, 0.2) is 36.4 Å². The zero-order valence-corrected chi connectivity index (χ0v) is 12.9. The number of carboxylic acids is 1. The van der Waals surface area contributed by atoms with E-state index in [2.05, 4.69) is 17.4 Å². The minimum Gasteiger partial charge on any atom is -0.477 e. The maximum absolute atomic E-state index is 12.1. The summed E-state index contributed by atoms with van der Waals surface area (Å²) in [6.45, 7) is 0.394. The van der Waals surface area contributed by atoms with Crippen molar-refractivity contribution in [3.8, 4) is 0 Å². The lowest BCUT2D eigenvalue weighted by Gasteiger charge is -2.11. The van der Waals surface area contributed by atoms with Gasteiger partial charge in [0.05, 0.1) is 6.54 Å². The van der Waals surface area contributed by atoms with Gasteiger partial charge in [0.25, 0.3) is 0 Å². The normalized spacial score (nSPS) is 16.3. The van der Waals surface area contributed by atoms with E-state index in [1.165, 1.54) is 22.5 Å². The molecule has 0 bridgehead atoms. The van der Waals surface area contributed by atoms with Crippen LogP contribution in [0.3, 0.4) is 0 Å². The van der Waals surface area contributed by atoms with Gasteiger partial charge in [0.1, 0.15) is 4.88 Å². The van der Waals surface area contributed by atoms with E-state index >= 15 is 0 Å². The Kier molecular flexibility index (Phi) is 4.24. The molecule has 4 nitrogen and oxygen atoms in total. The molecule has 1 aromatic carbocycles. The molecule has 0 saturated heterocycles. The van der Waals surface area contributed by atoms with E-state index in [0.717, 1.165) is 17.7 Å². The number of thiophene rings is 1. The molecule has 114 valence electrons. The number of amides is 1. The molecule has 5 heteroatoms. The number of hydrogen-bond donors (Lipinski definition) is 2. The molecule has 0 spiro atoms. The monoisotopic (exact) mass is 315 g/mol. The fraction of sp³-hybridized carbons (Fsp3) is 0.294. The van der Waals surface area contributed by atoms with Crippen LogP contribution < -0.4 is 5.32 Å². The van der Waals surface area contributed by atoms with Gasteiger partial charge in [-0.05, 0) is 42.0 Å². The van der Waals surface area contributed by atoms with Crippen LogP contribution in [-0.2, 0) is 17.8 Å². The van der Waals surface area contributed by atoms with Crippen molar-refractivity contribution >= 4 is 23.2 Å². The predicted molar refractivity (Wildman–Crippen MR) is 85.2 cm³/mol. The Morgan fingerprint density at radius 3 is 2.82 bits per heavy atom. The number of benzene rings is 1. The van der Waals surface area contributed by atoms with Gasteiger partial charge in [-0.1, -0.05) is 24.3 Å². The van der Waals surface area contributed by atoms with Gasteiger partial charge in [-0.3, -0.25) is 4.79 Å². The van der Waals surface area contributed by atoms with Crippen molar-refractivity contribution in [1.29, 1.82) is 0 Å². The van der Waals surface area contributed by atoms with Gasteiger partial charge >= 0.3 is 5.97 Å². The number of carbonyl (C=O) groups excluding carboxylic acids is 1. The molecule has 1 aromatic heterocycles. The van der Waals surface area contributed by atoms with Crippen molar-refractivity contribution < 1.29 is 14.7 Å². The predicted octanol–water partition coefficient (Wildman–Crippen LogP) is 3.18. The highest BCUT2D eigenvalue weighted by molar-refractivity contribution is 7.13. The number of hydrogen-bond acceptors (Lipinski definition) is 3. The minimum absolute atomic E-state index is 0.0204. The summed E-state index contributed by atoms with van der Waals surface area (Å²) in [7, 11) is 0. The first-order valence-electron chi connectivity index (χ1n) is 7.30. The Bertz CT molecular complexity index is 707. The van der Waals surface area contributed by atoms with Gasteiger partial charge in [0, 0.05) is 11.3 Å². The SMILES string of the molecule is O=C(C[C@@H]1CCc2ccccc21)NCc1ccc(C(=O)O)s1. The summed E-state index contributed by atoms with van der Waals surface area (Å²) in [5.74, 6) is -0.605. The molecule has 0 aliphatic heterocycles. The molecule has 3 rings (SSSR count). The van der Waals surface area contributed by atoms with E-state index in [9.17, 15) is 9.59 Å².